The highest BCUT2D eigenvalue weighted by Gasteiger charge is 2.10. The van der Waals surface area contributed by atoms with Gasteiger partial charge in [-0.3, -0.25) is 0 Å². The molecule has 0 fully saturated rings. The van der Waals surface area contributed by atoms with Gasteiger partial charge >= 0.3 is 0 Å². The van der Waals surface area contributed by atoms with E-state index in [0.717, 1.165) is 36.3 Å². The Kier molecular flexibility index (Phi) is 7.63. The Morgan fingerprint density at radius 3 is 2.26 bits per heavy atom. The van der Waals surface area contributed by atoms with Crippen LogP contribution in [0.25, 0.3) is 11.5 Å². The monoisotopic (exact) mass is 335 g/mol. The molecule has 126 valence electrons. The highest BCUT2D eigenvalue weighted by molar-refractivity contribution is 6.16. The van der Waals surface area contributed by atoms with Gasteiger partial charge in [-0.25, -0.2) is 4.98 Å². The lowest BCUT2D eigenvalue weighted by Crippen LogP contribution is -1.88. The molecular formula is C19H26ClNO2. The lowest BCUT2D eigenvalue weighted by Gasteiger charge is -2.03. The maximum absolute atomic E-state index is 8.74. The summed E-state index contributed by atoms with van der Waals surface area (Å²) in [4.78, 5) is 4.42. The Morgan fingerprint density at radius 2 is 1.65 bits per heavy atom. The standard InChI is InChI=1S/C19H26ClNO2/c1-15-18(14-20)21-19(23-15)17-11-9-16(10-12-17)8-6-4-2-3-5-7-13-22/h9-12,22H,2-8,13-14H2,1H3. The first kappa shape index (κ1) is 18.0. The largest absolute Gasteiger partial charge is 0.441 e. The minimum Gasteiger partial charge on any atom is -0.441 e. The molecule has 0 saturated carbocycles. The molecule has 0 unspecified atom stereocenters. The number of nitrogens with zero attached hydrogens (tertiary/aromatic N) is 1. The van der Waals surface area contributed by atoms with Crippen molar-refractivity contribution in [2.45, 2.75) is 57.7 Å². The molecule has 1 aromatic carbocycles. The van der Waals surface area contributed by atoms with Gasteiger partial charge in [0.15, 0.2) is 0 Å². The van der Waals surface area contributed by atoms with Crippen LogP contribution in [0, 0.1) is 6.92 Å². The van der Waals surface area contributed by atoms with Gasteiger partial charge in [-0.05, 0) is 43.9 Å². The summed E-state index contributed by atoms with van der Waals surface area (Å²) in [5, 5.41) is 8.74. The molecule has 2 aromatic rings. The van der Waals surface area contributed by atoms with Gasteiger partial charge in [0.2, 0.25) is 5.89 Å². The van der Waals surface area contributed by atoms with E-state index in [1.807, 2.05) is 6.92 Å². The van der Waals surface area contributed by atoms with Crippen LogP contribution < -0.4 is 0 Å². The SMILES string of the molecule is Cc1oc(-c2ccc(CCCCCCCCO)cc2)nc1CCl. The second kappa shape index (κ2) is 9.74. The molecule has 0 atom stereocenters. The quantitative estimate of drug-likeness (QED) is 0.475. The summed E-state index contributed by atoms with van der Waals surface area (Å²) >= 11 is 5.83. The molecule has 0 aliphatic rings. The van der Waals surface area contributed by atoms with Crippen molar-refractivity contribution >= 4 is 11.6 Å². The molecule has 1 aromatic heterocycles. The topological polar surface area (TPSA) is 46.3 Å². The Hall–Kier alpha value is -1.32. The first-order chi connectivity index (χ1) is 11.2. The average molecular weight is 336 g/mol. The normalized spacial score (nSPS) is 11.1. The highest BCUT2D eigenvalue weighted by atomic mass is 35.5. The van der Waals surface area contributed by atoms with Crippen molar-refractivity contribution in [2.24, 2.45) is 0 Å². The van der Waals surface area contributed by atoms with Gasteiger partial charge in [-0.1, -0.05) is 37.8 Å². The van der Waals surface area contributed by atoms with Crippen LogP contribution in [0.4, 0.5) is 0 Å². The first-order valence-electron chi connectivity index (χ1n) is 8.47. The molecule has 0 aliphatic carbocycles. The smallest absolute Gasteiger partial charge is 0.226 e. The third-order valence-corrected chi connectivity index (χ3v) is 4.35. The number of aliphatic hydroxyl groups is 1. The third kappa shape index (κ3) is 5.67. The van der Waals surface area contributed by atoms with Crippen LogP contribution in [-0.2, 0) is 12.3 Å². The zero-order valence-corrected chi connectivity index (χ0v) is 14.6. The molecule has 0 saturated heterocycles. The van der Waals surface area contributed by atoms with Crippen molar-refractivity contribution in [1.82, 2.24) is 4.98 Å². The first-order valence-corrected chi connectivity index (χ1v) is 9.00. The molecule has 0 aliphatic heterocycles. The second-order valence-corrected chi connectivity index (χ2v) is 6.21. The molecule has 1 N–H and O–H groups in total. The lowest BCUT2D eigenvalue weighted by molar-refractivity contribution is 0.282. The average Bonchev–Trinajstić information content (AvgIpc) is 2.95. The van der Waals surface area contributed by atoms with E-state index < -0.39 is 0 Å². The molecule has 0 amide bonds. The Morgan fingerprint density at radius 1 is 1.00 bits per heavy atom. The van der Waals surface area contributed by atoms with E-state index in [-0.39, 0.29) is 0 Å². The van der Waals surface area contributed by atoms with E-state index >= 15 is 0 Å². The fourth-order valence-corrected chi connectivity index (χ4v) is 2.89. The fraction of sp³-hybridized carbons (Fsp3) is 0.526. The summed E-state index contributed by atoms with van der Waals surface area (Å²) in [6.45, 7) is 2.21. The van der Waals surface area contributed by atoms with Crippen LogP contribution >= 0.6 is 11.6 Å². The number of hydrogen-bond acceptors (Lipinski definition) is 3. The third-order valence-electron chi connectivity index (χ3n) is 4.09. The number of aliphatic hydroxyl groups excluding tert-OH is 1. The maximum Gasteiger partial charge on any atom is 0.226 e. The van der Waals surface area contributed by atoms with Gasteiger partial charge in [0, 0.05) is 12.2 Å². The van der Waals surface area contributed by atoms with Crippen molar-refractivity contribution in [3.63, 3.8) is 0 Å². The van der Waals surface area contributed by atoms with Gasteiger partial charge in [-0.2, -0.15) is 0 Å². The second-order valence-electron chi connectivity index (χ2n) is 5.95. The van der Waals surface area contributed by atoms with Crippen molar-refractivity contribution in [2.75, 3.05) is 6.61 Å². The van der Waals surface area contributed by atoms with Crippen molar-refractivity contribution in [3.05, 3.63) is 41.3 Å². The van der Waals surface area contributed by atoms with Crippen molar-refractivity contribution < 1.29 is 9.52 Å². The number of oxazole rings is 1. The number of alkyl halides is 1. The Labute approximate surface area is 143 Å². The van der Waals surface area contributed by atoms with Crippen LogP contribution in [-0.4, -0.2) is 16.7 Å². The molecule has 1 heterocycles. The van der Waals surface area contributed by atoms with Crippen LogP contribution in [0.5, 0.6) is 0 Å². The van der Waals surface area contributed by atoms with Crippen LogP contribution in [0.3, 0.4) is 0 Å². The Balaban J connectivity index is 1.78. The predicted molar refractivity (Wildman–Crippen MR) is 94.7 cm³/mol. The summed E-state index contributed by atoms with van der Waals surface area (Å²) in [5.74, 6) is 1.82. The maximum atomic E-state index is 8.74. The summed E-state index contributed by atoms with van der Waals surface area (Å²) in [6, 6.07) is 8.45. The molecule has 0 bridgehead atoms. The van der Waals surface area contributed by atoms with E-state index in [4.69, 9.17) is 21.1 Å². The van der Waals surface area contributed by atoms with E-state index in [9.17, 15) is 0 Å². The molecule has 4 heteroatoms. The van der Waals surface area contributed by atoms with E-state index in [1.54, 1.807) is 0 Å². The van der Waals surface area contributed by atoms with Crippen LogP contribution in [0.1, 0.15) is 55.5 Å². The summed E-state index contributed by atoms with van der Waals surface area (Å²) in [5.41, 5.74) is 3.16. The number of halogens is 1. The van der Waals surface area contributed by atoms with E-state index in [2.05, 4.69) is 29.2 Å². The highest BCUT2D eigenvalue weighted by Crippen LogP contribution is 2.23. The number of rotatable bonds is 10. The summed E-state index contributed by atoms with van der Waals surface area (Å²) in [7, 11) is 0. The fourth-order valence-electron chi connectivity index (χ4n) is 2.64. The number of benzene rings is 1. The van der Waals surface area contributed by atoms with Crippen LogP contribution in [0.2, 0.25) is 0 Å². The number of hydrogen-bond donors (Lipinski definition) is 1. The molecule has 0 radical (unpaired) electrons. The molecule has 23 heavy (non-hydrogen) atoms. The van der Waals surface area contributed by atoms with Gasteiger partial charge in [0.25, 0.3) is 0 Å². The lowest BCUT2D eigenvalue weighted by atomic mass is 10.0. The van der Waals surface area contributed by atoms with E-state index in [0.29, 0.717) is 18.4 Å². The predicted octanol–water partition coefficient (Wildman–Crippen LogP) is 5.26. The zero-order chi connectivity index (χ0) is 16.5. The summed E-state index contributed by atoms with van der Waals surface area (Å²) < 4.78 is 5.66. The molecule has 2 rings (SSSR count). The van der Waals surface area contributed by atoms with Crippen molar-refractivity contribution in [3.8, 4) is 11.5 Å². The van der Waals surface area contributed by atoms with E-state index in [1.165, 1.54) is 31.2 Å². The molecular weight excluding hydrogens is 310 g/mol. The molecule has 0 spiro atoms. The van der Waals surface area contributed by atoms with Gasteiger partial charge < -0.3 is 9.52 Å². The Bertz CT molecular complexity index is 578. The number of aromatic nitrogens is 1. The van der Waals surface area contributed by atoms with Gasteiger partial charge in [-0.15, -0.1) is 11.6 Å². The number of unbranched alkanes of at least 4 members (excludes halogenated alkanes) is 5. The van der Waals surface area contributed by atoms with Crippen molar-refractivity contribution in [1.29, 1.82) is 0 Å². The van der Waals surface area contributed by atoms with Gasteiger partial charge in [0.05, 0.1) is 11.6 Å². The molecule has 3 nitrogen and oxygen atoms in total. The number of aryl methyl sites for hydroxylation is 2. The minimum atomic E-state index is 0.322. The van der Waals surface area contributed by atoms with Gasteiger partial charge in [0.1, 0.15) is 5.76 Å². The summed E-state index contributed by atoms with van der Waals surface area (Å²) in [6.07, 6.45) is 8.15. The zero-order valence-electron chi connectivity index (χ0n) is 13.9. The van der Waals surface area contributed by atoms with Crippen LogP contribution in [0.15, 0.2) is 28.7 Å². The minimum absolute atomic E-state index is 0.322.